The smallest absolute Gasteiger partial charge is 0.0288 e. The molecule has 1 heterocycles. The van der Waals surface area contributed by atoms with E-state index in [0.717, 1.165) is 13.0 Å². The van der Waals surface area contributed by atoms with Gasteiger partial charge in [0.1, 0.15) is 0 Å². The van der Waals surface area contributed by atoms with Crippen molar-refractivity contribution in [2.45, 2.75) is 50.8 Å². The lowest BCUT2D eigenvalue weighted by atomic mass is 9.91. The highest BCUT2D eigenvalue weighted by Crippen LogP contribution is 2.41. The molecular formula is C12H23NS. The zero-order valence-corrected chi connectivity index (χ0v) is 10.5. The summed E-state index contributed by atoms with van der Waals surface area (Å²) in [6.45, 7) is 11.8. The van der Waals surface area contributed by atoms with Crippen LogP contribution in [0.2, 0.25) is 0 Å². The van der Waals surface area contributed by atoms with Gasteiger partial charge in [-0.3, -0.25) is 0 Å². The normalized spacial score (nSPS) is 29.1. The van der Waals surface area contributed by atoms with Crippen molar-refractivity contribution in [3.63, 3.8) is 0 Å². The molecule has 0 saturated carbocycles. The second-order valence-corrected chi connectivity index (χ2v) is 6.17. The van der Waals surface area contributed by atoms with Crippen molar-refractivity contribution in [3.05, 3.63) is 12.2 Å². The minimum atomic E-state index is 0.439. The molecule has 1 fully saturated rings. The van der Waals surface area contributed by atoms with Crippen LogP contribution >= 0.6 is 11.8 Å². The first-order valence-corrected chi connectivity index (χ1v) is 6.59. The fraction of sp³-hybridized carbons (Fsp3) is 0.833. The average molecular weight is 213 g/mol. The number of rotatable bonds is 5. The number of nitrogens with one attached hydrogen (secondary N) is 1. The molecule has 1 rings (SSSR count). The van der Waals surface area contributed by atoms with Gasteiger partial charge in [-0.05, 0) is 45.4 Å². The van der Waals surface area contributed by atoms with Gasteiger partial charge in [-0.25, -0.2) is 0 Å². The summed E-state index contributed by atoms with van der Waals surface area (Å²) in [6.07, 6.45) is 3.85. The van der Waals surface area contributed by atoms with E-state index in [9.17, 15) is 0 Å². The highest BCUT2D eigenvalue weighted by Gasteiger charge is 2.36. The number of hydrogen-bond acceptors (Lipinski definition) is 2. The third-order valence-electron chi connectivity index (χ3n) is 2.99. The summed E-state index contributed by atoms with van der Waals surface area (Å²) >= 11 is 2.13. The molecule has 0 radical (unpaired) electrons. The minimum Gasteiger partial charge on any atom is -0.313 e. The SMILES string of the molecule is C=C(C)CC(NCC)C1(C)CCCS1. The molecule has 0 aromatic carbocycles. The van der Waals surface area contributed by atoms with E-state index in [2.05, 4.69) is 44.4 Å². The Hall–Kier alpha value is 0.0500. The van der Waals surface area contributed by atoms with Crippen LogP contribution in [-0.4, -0.2) is 23.1 Å². The van der Waals surface area contributed by atoms with Gasteiger partial charge in [0.2, 0.25) is 0 Å². The van der Waals surface area contributed by atoms with Gasteiger partial charge in [-0.2, -0.15) is 11.8 Å². The van der Waals surface area contributed by atoms with Crippen LogP contribution in [0.4, 0.5) is 0 Å². The zero-order chi connectivity index (χ0) is 10.6. The molecule has 2 unspecified atom stereocenters. The van der Waals surface area contributed by atoms with Gasteiger partial charge in [-0.1, -0.05) is 12.5 Å². The van der Waals surface area contributed by atoms with Crippen molar-refractivity contribution < 1.29 is 0 Å². The van der Waals surface area contributed by atoms with E-state index in [4.69, 9.17) is 0 Å². The van der Waals surface area contributed by atoms with Crippen LogP contribution in [0.5, 0.6) is 0 Å². The summed E-state index contributed by atoms with van der Waals surface area (Å²) in [5.41, 5.74) is 1.30. The van der Waals surface area contributed by atoms with Gasteiger partial charge < -0.3 is 5.32 Å². The van der Waals surface area contributed by atoms with Crippen LogP contribution in [0.3, 0.4) is 0 Å². The van der Waals surface area contributed by atoms with Crippen molar-refractivity contribution in [3.8, 4) is 0 Å². The molecule has 0 amide bonds. The predicted octanol–water partition coefficient (Wildman–Crippen LogP) is 3.22. The lowest BCUT2D eigenvalue weighted by Gasteiger charge is -2.34. The summed E-state index contributed by atoms with van der Waals surface area (Å²) in [4.78, 5) is 0. The first-order chi connectivity index (χ1) is 6.58. The summed E-state index contributed by atoms with van der Waals surface area (Å²) < 4.78 is 0.439. The zero-order valence-electron chi connectivity index (χ0n) is 9.73. The van der Waals surface area contributed by atoms with E-state index < -0.39 is 0 Å². The van der Waals surface area contributed by atoms with Crippen LogP contribution in [0.1, 0.15) is 40.0 Å². The molecule has 82 valence electrons. The molecule has 1 aliphatic heterocycles. The molecule has 1 N–H and O–H groups in total. The summed E-state index contributed by atoms with van der Waals surface area (Å²) in [5.74, 6) is 1.33. The van der Waals surface area contributed by atoms with Gasteiger partial charge >= 0.3 is 0 Å². The van der Waals surface area contributed by atoms with Crippen LogP contribution < -0.4 is 5.32 Å². The molecular weight excluding hydrogens is 190 g/mol. The third kappa shape index (κ3) is 3.03. The third-order valence-corrected chi connectivity index (χ3v) is 4.63. The molecule has 0 bridgehead atoms. The topological polar surface area (TPSA) is 12.0 Å². The Morgan fingerprint density at radius 1 is 1.64 bits per heavy atom. The van der Waals surface area contributed by atoms with Gasteiger partial charge in [0.15, 0.2) is 0 Å². The van der Waals surface area contributed by atoms with Crippen molar-refractivity contribution in [1.29, 1.82) is 0 Å². The Morgan fingerprint density at radius 3 is 2.79 bits per heavy atom. The van der Waals surface area contributed by atoms with E-state index in [1.165, 1.54) is 24.2 Å². The molecule has 0 aliphatic carbocycles. The highest BCUT2D eigenvalue weighted by molar-refractivity contribution is 8.00. The first-order valence-electron chi connectivity index (χ1n) is 5.60. The fourth-order valence-electron chi connectivity index (χ4n) is 2.17. The highest BCUT2D eigenvalue weighted by atomic mass is 32.2. The van der Waals surface area contributed by atoms with Crippen molar-refractivity contribution in [2.75, 3.05) is 12.3 Å². The van der Waals surface area contributed by atoms with E-state index in [-0.39, 0.29) is 0 Å². The van der Waals surface area contributed by atoms with Crippen molar-refractivity contribution >= 4 is 11.8 Å². The molecule has 2 heteroatoms. The molecule has 2 atom stereocenters. The minimum absolute atomic E-state index is 0.439. The average Bonchev–Trinajstić information content (AvgIpc) is 2.52. The van der Waals surface area contributed by atoms with Gasteiger partial charge in [-0.15, -0.1) is 6.58 Å². The van der Waals surface area contributed by atoms with Crippen molar-refractivity contribution in [2.24, 2.45) is 0 Å². The molecule has 1 nitrogen and oxygen atoms in total. The van der Waals surface area contributed by atoms with E-state index in [0.29, 0.717) is 10.8 Å². The lowest BCUT2D eigenvalue weighted by Crippen LogP contribution is -2.45. The summed E-state index contributed by atoms with van der Waals surface area (Å²) in [6, 6.07) is 0.609. The van der Waals surface area contributed by atoms with Crippen LogP contribution in [0.25, 0.3) is 0 Å². The number of hydrogen-bond donors (Lipinski definition) is 1. The standard InChI is InChI=1S/C12H23NS/c1-5-13-11(9-10(2)3)12(4)7-6-8-14-12/h11,13H,2,5-9H2,1,3-4H3. The van der Waals surface area contributed by atoms with Gasteiger partial charge in [0.25, 0.3) is 0 Å². The van der Waals surface area contributed by atoms with E-state index >= 15 is 0 Å². The Bertz CT molecular complexity index is 194. The van der Waals surface area contributed by atoms with E-state index in [1.54, 1.807) is 0 Å². The number of thioether (sulfide) groups is 1. The maximum Gasteiger partial charge on any atom is 0.0288 e. The second-order valence-electron chi connectivity index (χ2n) is 4.54. The van der Waals surface area contributed by atoms with Crippen LogP contribution in [-0.2, 0) is 0 Å². The van der Waals surface area contributed by atoms with Crippen LogP contribution in [0.15, 0.2) is 12.2 Å². The lowest BCUT2D eigenvalue weighted by molar-refractivity contribution is 0.406. The Morgan fingerprint density at radius 2 is 2.36 bits per heavy atom. The largest absolute Gasteiger partial charge is 0.313 e. The molecule has 0 aromatic heterocycles. The maximum atomic E-state index is 4.03. The molecule has 0 spiro atoms. The molecule has 14 heavy (non-hydrogen) atoms. The van der Waals surface area contributed by atoms with Crippen molar-refractivity contribution in [1.82, 2.24) is 5.32 Å². The van der Waals surface area contributed by atoms with Crippen LogP contribution in [0, 0.1) is 0 Å². The second kappa shape index (κ2) is 5.22. The van der Waals surface area contributed by atoms with E-state index in [1.807, 2.05) is 0 Å². The monoisotopic (exact) mass is 213 g/mol. The predicted molar refractivity (Wildman–Crippen MR) is 67.0 cm³/mol. The molecule has 1 saturated heterocycles. The maximum absolute atomic E-state index is 4.03. The summed E-state index contributed by atoms with van der Waals surface area (Å²) in [5, 5.41) is 3.61. The quantitative estimate of drug-likeness (QED) is 0.704. The Kier molecular flexibility index (Phi) is 4.52. The van der Waals surface area contributed by atoms with Gasteiger partial charge in [0, 0.05) is 10.8 Å². The summed E-state index contributed by atoms with van der Waals surface area (Å²) in [7, 11) is 0. The Balaban J connectivity index is 2.60. The fourth-order valence-corrected chi connectivity index (χ4v) is 3.59. The molecule has 0 aromatic rings. The Labute approximate surface area is 92.7 Å². The first kappa shape index (κ1) is 12.1. The molecule has 1 aliphatic rings. The van der Waals surface area contributed by atoms with Gasteiger partial charge in [0.05, 0.1) is 0 Å².